The summed E-state index contributed by atoms with van der Waals surface area (Å²) in [5, 5.41) is 9.56. The first-order valence-corrected chi connectivity index (χ1v) is 7.53. The largest absolute Gasteiger partial charge is 0.512 e. The first-order chi connectivity index (χ1) is 9.49. The number of carbonyl (C=O) groups excluding carboxylic acids is 1. The van der Waals surface area contributed by atoms with Gasteiger partial charge in [0.05, 0.1) is 18.8 Å². The monoisotopic (exact) mass is 484 g/mol. The zero-order chi connectivity index (χ0) is 15.0. The van der Waals surface area contributed by atoms with Crippen LogP contribution < -0.4 is 0 Å². The van der Waals surface area contributed by atoms with Crippen molar-refractivity contribution in [2.45, 2.75) is 27.2 Å². The van der Waals surface area contributed by atoms with Gasteiger partial charge in [0.15, 0.2) is 0 Å². The van der Waals surface area contributed by atoms with Crippen LogP contribution in [-0.2, 0) is 20.1 Å². The van der Waals surface area contributed by atoms with E-state index in [1.165, 1.54) is 37.7 Å². The number of rotatable bonds is 2. The Bertz CT molecular complexity index is 506. The molecule has 0 amide bonds. The predicted octanol–water partition coefficient (Wildman–Crippen LogP) is 3.69. The van der Waals surface area contributed by atoms with E-state index in [2.05, 4.69) is 30.1 Å². The van der Waals surface area contributed by atoms with Gasteiger partial charge in [0, 0.05) is 31.7 Å². The van der Waals surface area contributed by atoms with Crippen LogP contribution in [0.25, 0.3) is 0 Å². The first kappa shape index (κ1) is 20.1. The molecule has 0 aliphatic carbocycles. The molecule has 1 aliphatic rings. The molecule has 0 spiro atoms. The maximum Gasteiger partial charge on any atom is 0.316 e. The SMILES string of the molecule is CC(=[OH+])/C=C(/C)O.Cc1c[c-]c(C2=NCCCS2)cc1.[Ir]. The van der Waals surface area contributed by atoms with Gasteiger partial charge in [0.1, 0.15) is 0 Å². The van der Waals surface area contributed by atoms with Crippen molar-refractivity contribution in [2.75, 3.05) is 12.3 Å². The Morgan fingerprint density at radius 3 is 2.52 bits per heavy atom. The quantitative estimate of drug-likeness (QED) is 0.302. The van der Waals surface area contributed by atoms with Crippen LogP contribution in [0, 0.1) is 13.0 Å². The Kier molecular flexibility index (Phi) is 10.3. The van der Waals surface area contributed by atoms with Crippen molar-refractivity contribution in [3.8, 4) is 0 Å². The minimum absolute atomic E-state index is 0. The molecule has 0 aromatic heterocycles. The predicted molar refractivity (Wildman–Crippen MR) is 87.5 cm³/mol. The van der Waals surface area contributed by atoms with Crippen molar-refractivity contribution in [3.05, 3.63) is 47.2 Å². The van der Waals surface area contributed by atoms with Crippen LogP contribution in [-0.4, -0.2) is 33.0 Å². The summed E-state index contributed by atoms with van der Waals surface area (Å²) in [7, 11) is 0. The summed E-state index contributed by atoms with van der Waals surface area (Å²) in [5.41, 5.74) is 2.40. The number of aliphatic hydroxyl groups is 1. The second-order valence-electron chi connectivity index (χ2n) is 4.60. The van der Waals surface area contributed by atoms with E-state index in [0.717, 1.165) is 17.2 Å². The third-order valence-corrected chi connectivity index (χ3v) is 3.53. The first-order valence-electron chi connectivity index (χ1n) is 6.55. The number of nitrogens with zero attached hydrogens (tertiary/aromatic N) is 1. The molecule has 21 heavy (non-hydrogen) atoms. The summed E-state index contributed by atoms with van der Waals surface area (Å²) >= 11 is 1.84. The van der Waals surface area contributed by atoms with Gasteiger partial charge in [0.25, 0.3) is 0 Å². The summed E-state index contributed by atoms with van der Waals surface area (Å²) in [6.07, 6.45) is 2.49. The van der Waals surface area contributed by atoms with Gasteiger partial charge in [-0.25, -0.2) is 0 Å². The van der Waals surface area contributed by atoms with Gasteiger partial charge in [-0.3, -0.25) is 4.79 Å². The van der Waals surface area contributed by atoms with Gasteiger partial charge in [-0.2, -0.15) is 11.8 Å². The van der Waals surface area contributed by atoms with Gasteiger partial charge in [-0.1, -0.05) is 6.92 Å². The van der Waals surface area contributed by atoms with Gasteiger partial charge >= 0.3 is 5.78 Å². The molecule has 0 saturated carbocycles. The molecule has 117 valence electrons. The Labute approximate surface area is 144 Å². The van der Waals surface area contributed by atoms with Gasteiger partial charge in [-0.15, -0.1) is 35.4 Å². The average Bonchev–Trinajstić information content (AvgIpc) is 2.40. The molecule has 3 nitrogen and oxygen atoms in total. The van der Waals surface area contributed by atoms with Crippen LogP contribution >= 0.6 is 11.8 Å². The van der Waals surface area contributed by atoms with Crippen molar-refractivity contribution >= 4 is 22.6 Å². The molecule has 1 heterocycles. The van der Waals surface area contributed by atoms with Crippen molar-refractivity contribution in [2.24, 2.45) is 4.99 Å². The third kappa shape index (κ3) is 8.86. The van der Waals surface area contributed by atoms with E-state index in [1.807, 2.05) is 17.8 Å². The molecule has 0 fully saturated rings. The molecule has 0 unspecified atom stereocenters. The van der Waals surface area contributed by atoms with E-state index in [9.17, 15) is 0 Å². The summed E-state index contributed by atoms with van der Waals surface area (Å²) in [6, 6.07) is 9.49. The Morgan fingerprint density at radius 1 is 1.43 bits per heavy atom. The second kappa shape index (κ2) is 10.8. The summed E-state index contributed by atoms with van der Waals surface area (Å²) < 4.78 is 0. The van der Waals surface area contributed by atoms with Gasteiger partial charge in [0.2, 0.25) is 0 Å². The third-order valence-electron chi connectivity index (χ3n) is 2.41. The van der Waals surface area contributed by atoms with Gasteiger partial charge < -0.3 is 10.1 Å². The molecule has 1 aliphatic heterocycles. The van der Waals surface area contributed by atoms with Crippen LogP contribution in [0.2, 0.25) is 0 Å². The Morgan fingerprint density at radius 2 is 2.14 bits per heavy atom. The van der Waals surface area contributed by atoms with Crippen LogP contribution in [0.1, 0.15) is 31.4 Å². The summed E-state index contributed by atoms with van der Waals surface area (Å²) in [5.74, 6) is 1.44. The van der Waals surface area contributed by atoms with E-state index in [1.54, 1.807) is 0 Å². The number of hydrogen-bond acceptors (Lipinski definition) is 3. The summed E-state index contributed by atoms with van der Waals surface area (Å²) in [4.78, 5) is 12.9. The van der Waals surface area contributed by atoms with E-state index < -0.39 is 0 Å². The number of ketones is 1. The number of thioether (sulfide) groups is 1. The van der Waals surface area contributed by atoms with Crippen molar-refractivity contribution in [1.82, 2.24) is 0 Å². The molecular weight excluding hydrogens is 462 g/mol. The van der Waals surface area contributed by atoms with Crippen LogP contribution in [0.5, 0.6) is 0 Å². The van der Waals surface area contributed by atoms with E-state index in [-0.39, 0.29) is 31.6 Å². The maximum atomic E-state index is 8.40. The second-order valence-corrected chi connectivity index (χ2v) is 5.68. The summed E-state index contributed by atoms with van der Waals surface area (Å²) in [6.45, 7) is 6.06. The topological polar surface area (TPSA) is 54.0 Å². The number of benzene rings is 1. The molecule has 1 aromatic carbocycles. The maximum absolute atomic E-state index is 8.40. The zero-order valence-corrected chi connectivity index (χ0v) is 15.7. The van der Waals surface area contributed by atoms with Gasteiger partial charge in [-0.05, 0) is 19.1 Å². The number of aryl methyl sites for hydroxylation is 1. The molecular formula is C16H21IrNO2S. The van der Waals surface area contributed by atoms with Crippen LogP contribution in [0.15, 0.2) is 35.0 Å². The molecule has 1 radical (unpaired) electrons. The fourth-order valence-corrected chi connectivity index (χ4v) is 2.49. The molecule has 2 rings (SSSR count). The standard InChI is InChI=1S/C11H12NS.C5H8O2.Ir/c1-9-3-5-10(6-4-9)11-12-7-2-8-13-11;1-4(6)3-5(2)7;/h3-5H,2,7-8H2,1H3;3,6H,1-2H3;/q-1;;/p+1/b;4-3-;. The smallest absolute Gasteiger partial charge is 0.316 e. The number of aliphatic imine (C=N–C) groups is 1. The molecule has 0 saturated heterocycles. The fraction of sp³-hybridized carbons (Fsp3) is 0.375. The average molecular weight is 484 g/mol. The van der Waals surface area contributed by atoms with Crippen molar-refractivity contribution in [3.63, 3.8) is 0 Å². The zero-order valence-electron chi connectivity index (χ0n) is 12.5. The number of allylic oxidation sites excluding steroid dienone is 2. The van der Waals surface area contributed by atoms with E-state index >= 15 is 0 Å². The molecule has 0 atom stereocenters. The Balaban J connectivity index is 0.000000436. The molecule has 5 heteroatoms. The Hall–Kier alpha value is -0.901. The van der Waals surface area contributed by atoms with E-state index in [4.69, 9.17) is 9.90 Å². The molecule has 0 bridgehead atoms. The fourth-order valence-electron chi connectivity index (χ4n) is 1.56. The van der Waals surface area contributed by atoms with Crippen molar-refractivity contribution in [1.29, 1.82) is 0 Å². The minimum atomic E-state index is 0. The normalized spacial score (nSPS) is 14.2. The van der Waals surface area contributed by atoms with Crippen LogP contribution in [0.3, 0.4) is 0 Å². The molecule has 1 aromatic rings. The minimum Gasteiger partial charge on any atom is -0.512 e. The molecule has 2 N–H and O–H groups in total. The van der Waals surface area contributed by atoms with Crippen molar-refractivity contribution < 1.29 is 30.0 Å². The number of aliphatic hydroxyl groups excluding tert-OH is 1. The number of hydrogen-bond donors (Lipinski definition) is 1. The van der Waals surface area contributed by atoms with Crippen LogP contribution in [0.4, 0.5) is 0 Å². The van der Waals surface area contributed by atoms with E-state index in [0.29, 0.717) is 0 Å².